The van der Waals surface area contributed by atoms with Crippen LogP contribution in [0.3, 0.4) is 0 Å². The molecule has 5 nitrogen and oxygen atoms in total. The second kappa shape index (κ2) is 6.90. The second-order valence-electron chi connectivity index (χ2n) is 7.17. The molecule has 2 aromatic rings. The fourth-order valence-corrected chi connectivity index (χ4v) is 2.88. The molecule has 0 N–H and O–H groups in total. The molecule has 0 saturated heterocycles. The van der Waals surface area contributed by atoms with Crippen LogP contribution in [-0.2, 0) is 18.4 Å². The highest BCUT2D eigenvalue weighted by molar-refractivity contribution is 5.31. The third-order valence-corrected chi connectivity index (χ3v) is 5.04. The van der Waals surface area contributed by atoms with Crippen molar-refractivity contribution in [3.05, 3.63) is 51.9 Å². The SMILES string of the molecule is CCc1cn2c(nc1=O)O[C@H](COc1ccc(C(C)(C)CC)cc1)C2. The van der Waals surface area contributed by atoms with Gasteiger partial charge in [0, 0.05) is 11.8 Å². The summed E-state index contributed by atoms with van der Waals surface area (Å²) in [4.78, 5) is 15.8. The van der Waals surface area contributed by atoms with Crippen LogP contribution >= 0.6 is 0 Å². The number of hydrogen-bond donors (Lipinski definition) is 0. The summed E-state index contributed by atoms with van der Waals surface area (Å²) in [5, 5.41) is 0. The lowest BCUT2D eigenvalue weighted by atomic mass is 9.82. The fraction of sp³-hybridized carbons (Fsp3) is 0.500. The summed E-state index contributed by atoms with van der Waals surface area (Å²) in [6.45, 7) is 9.71. The number of nitrogens with zero attached hydrogens (tertiary/aromatic N) is 2. The zero-order chi connectivity index (χ0) is 18.0. The Balaban J connectivity index is 1.61. The first-order valence-corrected chi connectivity index (χ1v) is 8.93. The van der Waals surface area contributed by atoms with Crippen molar-refractivity contribution in [2.24, 2.45) is 0 Å². The van der Waals surface area contributed by atoms with Gasteiger partial charge in [-0.15, -0.1) is 0 Å². The van der Waals surface area contributed by atoms with Gasteiger partial charge >= 0.3 is 0 Å². The standard InChI is InChI=1S/C20H26N2O3/c1-5-14-11-22-12-17(25-19(22)21-18(14)23)13-24-16-9-7-15(8-10-16)20(3,4)6-2/h7-11,17H,5-6,12-13H2,1-4H3/t17-/m0/s1. The summed E-state index contributed by atoms with van der Waals surface area (Å²) in [5.41, 5.74) is 1.98. The number of benzene rings is 1. The third kappa shape index (κ3) is 3.70. The Morgan fingerprint density at radius 1 is 1.28 bits per heavy atom. The Hall–Kier alpha value is -2.30. The van der Waals surface area contributed by atoms with Crippen molar-refractivity contribution >= 4 is 0 Å². The van der Waals surface area contributed by atoms with E-state index in [4.69, 9.17) is 9.47 Å². The number of aromatic nitrogens is 2. The Morgan fingerprint density at radius 2 is 2.00 bits per heavy atom. The van der Waals surface area contributed by atoms with Crippen LogP contribution in [0.5, 0.6) is 11.8 Å². The fourth-order valence-electron chi connectivity index (χ4n) is 2.88. The molecule has 0 fully saturated rings. The zero-order valence-corrected chi connectivity index (χ0v) is 15.4. The molecule has 1 aliphatic rings. The molecule has 0 unspecified atom stereocenters. The van der Waals surface area contributed by atoms with Crippen LogP contribution in [0.1, 0.15) is 45.2 Å². The van der Waals surface area contributed by atoms with Crippen LogP contribution in [0.15, 0.2) is 35.3 Å². The van der Waals surface area contributed by atoms with E-state index in [1.807, 2.05) is 29.8 Å². The molecular formula is C20H26N2O3. The molecular weight excluding hydrogens is 316 g/mol. The first-order chi connectivity index (χ1) is 11.9. The van der Waals surface area contributed by atoms with Gasteiger partial charge in [0.05, 0.1) is 6.54 Å². The summed E-state index contributed by atoms with van der Waals surface area (Å²) >= 11 is 0. The van der Waals surface area contributed by atoms with Crippen LogP contribution in [0.4, 0.5) is 0 Å². The molecule has 0 radical (unpaired) electrons. The molecule has 134 valence electrons. The van der Waals surface area contributed by atoms with Crippen LogP contribution in [-0.4, -0.2) is 22.3 Å². The maximum atomic E-state index is 11.8. The molecule has 3 rings (SSSR count). The Labute approximate surface area is 148 Å². The van der Waals surface area contributed by atoms with E-state index in [2.05, 4.69) is 37.9 Å². The minimum Gasteiger partial charge on any atom is -0.490 e. The minimum atomic E-state index is -0.204. The maximum absolute atomic E-state index is 11.8. The predicted molar refractivity (Wildman–Crippen MR) is 97.5 cm³/mol. The minimum absolute atomic E-state index is 0.134. The van der Waals surface area contributed by atoms with Crippen molar-refractivity contribution in [2.45, 2.75) is 58.6 Å². The van der Waals surface area contributed by atoms with Crippen molar-refractivity contribution in [2.75, 3.05) is 6.61 Å². The smallest absolute Gasteiger partial charge is 0.300 e. The molecule has 1 aromatic carbocycles. The summed E-state index contributed by atoms with van der Waals surface area (Å²) in [6, 6.07) is 8.64. The van der Waals surface area contributed by atoms with E-state index in [0.717, 1.165) is 12.2 Å². The van der Waals surface area contributed by atoms with Gasteiger partial charge in [0.15, 0.2) is 6.10 Å². The Bertz CT molecular complexity index is 794. The van der Waals surface area contributed by atoms with Crippen LogP contribution < -0.4 is 15.0 Å². The molecule has 2 heterocycles. The van der Waals surface area contributed by atoms with E-state index in [1.165, 1.54) is 5.56 Å². The number of rotatable bonds is 6. The highest BCUT2D eigenvalue weighted by Crippen LogP contribution is 2.28. The lowest BCUT2D eigenvalue weighted by Gasteiger charge is -2.23. The van der Waals surface area contributed by atoms with Crippen LogP contribution in [0.2, 0.25) is 0 Å². The Kier molecular flexibility index (Phi) is 4.84. The van der Waals surface area contributed by atoms with E-state index in [9.17, 15) is 4.79 Å². The molecule has 0 amide bonds. The molecule has 1 aromatic heterocycles. The van der Waals surface area contributed by atoms with E-state index in [-0.39, 0.29) is 17.1 Å². The topological polar surface area (TPSA) is 53.4 Å². The lowest BCUT2D eigenvalue weighted by molar-refractivity contribution is 0.143. The average Bonchev–Trinajstić information content (AvgIpc) is 3.01. The predicted octanol–water partition coefficient (Wildman–Crippen LogP) is 3.33. The summed E-state index contributed by atoms with van der Waals surface area (Å²) < 4.78 is 13.5. The third-order valence-electron chi connectivity index (χ3n) is 5.04. The van der Waals surface area contributed by atoms with Gasteiger partial charge in [-0.05, 0) is 36.0 Å². The van der Waals surface area contributed by atoms with Gasteiger partial charge < -0.3 is 9.47 Å². The highest BCUT2D eigenvalue weighted by atomic mass is 16.6. The van der Waals surface area contributed by atoms with Gasteiger partial charge in [0.25, 0.3) is 11.6 Å². The number of aryl methyl sites for hydroxylation is 1. The highest BCUT2D eigenvalue weighted by Gasteiger charge is 2.25. The van der Waals surface area contributed by atoms with E-state index < -0.39 is 0 Å². The van der Waals surface area contributed by atoms with Gasteiger partial charge in [0.2, 0.25) is 0 Å². The van der Waals surface area contributed by atoms with E-state index >= 15 is 0 Å². The zero-order valence-electron chi connectivity index (χ0n) is 15.4. The van der Waals surface area contributed by atoms with Crippen molar-refractivity contribution < 1.29 is 9.47 Å². The number of hydrogen-bond acceptors (Lipinski definition) is 4. The largest absolute Gasteiger partial charge is 0.490 e. The molecule has 0 aliphatic carbocycles. The molecule has 5 heteroatoms. The average molecular weight is 342 g/mol. The molecule has 25 heavy (non-hydrogen) atoms. The first-order valence-electron chi connectivity index (χ1n) is 8.93. The molecule has 0 spiro atoms. The maximum Gasteiger partial charge on any atom is 0.300 e. The van der Waals surface area contributed by atoms with Gasteiger partial charge in [-0.25, -0.2) is 0 Å². The van der Waals surface area contributed by atoms with Crippen molar-refractivity contribution in [1.29, 1.82) is 0 Å². The van der Waals surface area contributed by atoms with Crippen LogP contribution in [0, 0.1) is 0 Å². The lowest BCUT2D eigenvalue weighted by Crippen LogP contribution is -2.23. The molecule has 1 aliphatic heterocycles. The quantitative estimate of drug-likeness (QED) is 0.808. The van der Waals surface area contributed by atoms with Crippen molar-refractivity contribution in [3.63, 3.8) is 0 Å². The second-order valence-corrected chi connectivity index (χ2v) is 7.17. The molecule has 1 atom stereocenters. The first kappa shape index (κ1) is 17.5. The van der Waals surface area contributed by atoms with Crippen molar-refractivity contribution in [1.82, 2.24) is 9.55 Å². The van der Waals surface area contributed by atoms with Gasteiger partial charge in [-0.2, -0.15) is 4.98 Å². The monoisotopic (exact) mass is 342 g/mol. The van der Waals surface area contributed by atoms with E-state index in [0.29, 0.717) is 31.1 Å². The summed E-state index contributed by atoms with van der Waals surface area (Å²) in [6.07, 6.45) is 3.47. The summed E-state index contributed by atoms with van der Waals surface area (Å²) in [7, 11) is 0. The molecule has 0 saturated carbocycles. The van der Waals surface area contributed by atoms with Gasteiger partial charge in [-0.3, -0.25) is 9.36 Å². The molecule has 0 bridgehead atoms. The Morgan fingerprint density at radius 3 is 2.64 bits per heavy atom. The van der Waals surface area contributed by atoms with E-state index in [1.54, 1.807) is 0 Å². The summed E-state index contributed by atoms with van der Waals surface area (Å²) in [5.74, 6) is 0.826. The number of fused-ring (bicyclic) bond motifs is 1. The van der Waals surface area contributed by atoms with Crippen LogP contribution in [0.25, 0.3) is 0 Å². The number of ether oxygens (including phenoxy) is 2. The van der Waals surface area contributed by atoms with Gasteiger partial charge in [0.1, 0.15) is 12.4 Å². The van der Waals surface area contributed by atoms with Crippen molar-refractivity contribution in [3.8, 4) is 11.8 Å². The van der Waals surface area contributed by atoms with Gasteiger partial charge in [-0.1, -0.05) is 39.8 Å². The normalized spacial score (nSPS) is 16.4.